The van der Waals surface area contributed by atoms with E-state index in [0.29, 0.717) is 5.69 Å². The smallest absolute Gasteiger partial charge is 0.346 e. The summed E-state index contributed by atoms with van der Waals surface area (Å²) in [6.45, 7) is 12.2. The molecule has 3 N–H and O–H groups in total. The van der Waals surface area contributed by atoms with Gasteiger partial charge in [-0.2, -0.15) is 10.1 Å². The molecule has 1 aromatic heterocycles. The number of hydrogen-bond acceptors (Lipinski definition) is 5. The zero-order valence-corrected chi connectivity index (χ0v) is 19.9. The monoisotopic (exact) mass is 446 g/mol. The van der Waals surface area contributed by atoms with Crippen LogP contribution in [0, 0.1) is 0 Å². The highest BCUT2D eigenvalue weighted by Crippen LogP contribution is 2.39. The van der Waals surface area contributed by atoms with Gasteiger partial charge in [-0.25, -0.2) is 10.2 Å². The van der Waals surface area contributed by atoms with Crippen molar-refractivity contribution >= 4 is 12.1 Å². The van der Waals surface area contributed by atoms with Crippen LogP contribution >= 0.6 is 0 Å². The third kappa shape index (κ3) is 5.74. The number of carbonyl (C=O) groups excluding carboxylic acids is 1. The summed E-state index contributed by atoms with van der Waals surface area (Å²) in [6.07, 6.45) is 1.53. The van der Waals surface area contributed by atoms with Crippen molar-refractivity contribution in [2.24, 2.45) is 5.10 Å². The van der Waals surface area contributed by atoms with Crippen LogP contribution in [0.4, 0.5) is 0 Å². The van der Waals surface area contributed by atoms with Crippen molar-refractivity contribution in [1.29, 1.82) is 0 Å². The van der Waals surface area contributed by atoms with Crippen LogP contribution < -0.4 is 11.1 Å². The molecule has 0 aliphatic carbocycles. The summed E-state index contributed by atoms with van der Waals surface area (Å²) < 4.78 is 0. The largest absolute Gasteiger partial charge is 0.507 e. The molecule has 0 aliphatic heterocycles. The Morgan fingerprint density at radius 2 is 1.58 bits per heavy atom. The lowest BCUT2D eigenvalue weighted by Crippen LogP contribution is -2.24. The van der Waals surface area contributed by atoms with E-state index in [2.05, 4.69) is 20.5 Å². The molecule has 3 rings (SSSR count). The Hall–Kier alpha value is -3.74. The number of aromatic amines is 1. The zero-order valence-electron chi connectivity index (χ0n) is 19.9. The van der Waals surface area contributed by atoms with Crippen LogP contribution in [0.15, 0.2) is 58.4 Å². The van der Waals surface area contributed by atoms with Crippen molar-refractivity contribution in [3.63, 3.8) is 0 Å². The first-order valence-corrected chi connectivity index (χ1v) is 10.7. The fourth-order valence-electron chi connectivity index (χ4n) is 3.44. The lowest BCUT2D eigenvalue weighted by molar-refractivity contribution is 0.0949. The maximum Gasteiger partial charge on any atom is 0.346 e. The molecule has 33 heavy (non-hydrogen) atoms. The van der Waals surface area contributed by atoms with Gasteiger partial charge >= 0.3 is 5.69 Å². The van der Waals surface area contributed by atoms with Gasteiger partial charge in [0, 0.05) is 16.7 Å². The number of nitrogens with zero attached hydrogens (tertiary/aromatic N) is 2. The molecule has 0 radical (unpaired) electrons. The maximum atomic E-state index is 12.6. The van der Waals surface area contributed by atoms with Gasteiger partial charge in [-0.05, 0) is 34.6 Å². The predicted octanol–water partition coefficient (Wildman–Crippen LogP) is 4.50. The number of carbonyl (C=O) groups is 1. The highest BCUT2D eigenvalue weighted by atomic mass is 16.3. The first-order valence-electron chi connectivity index (χ1n) is 10.7. The number of hydrazone groups is 1. The van der Waals surface area contributed by atoms with Crippen molar-refractivity contribution in [2.45, 2.75) is 52.4 Å². The highest BCUT2D eigenvalue weighted by molar-refractivity contribution is 5.94. The summed E-state index contributed by atoms with van der Waals surface area (Å²) >= 11 is 0. The lowest BCUT2D eigenvalue weighted by Gasteiger charge is -2.27. The second-order valence-corrected chi connectivity index (χ2v) is 10.0. The molecule has 7 heteroatoms. The molecule has 3 aromatic rings. The third-order valence-electron chi connectivity index (χ3n) is 5.19. The molecule has 0 atom stereocenters. The van der Waals surface area contributed by atoms with Crippen molar-refractivity contribution < 1.29 is 9.90 Å². The molecule has 0 saturated heterocycles. The molecule has 0 bridgehead atoms. The number of aromatic hydroxyl groups is 1. The van der Waals surface area contributed by atoms with E-state index in [-0.39, 0.29) is 22.3 Å². The van der Waals surface area contributed by atoms with Crippen LogP contribution in [0.2, 0.25) is 0 Å². The molecule has 0 saturated carbocycles. The molecule has 0 spiro atoms. The van der Waals surface area contributed by atoms with E-state index in [0.717, 1.165) is 22.3 Å². The van der Waals surface area contributed by atoms with Crippen molar-refractivity contribution in [1.82, 2.24) is 15.4 Å². The Kier molecular flexibility index (Phi) is 6.53. The summed E-state index contributed by atoms with van der Waals surface area (Å²) in [5.74, 6) is -0.284. The normalized spacial score (nSPS) is 12.2. The topological polar surface area (TPSA) is 107 Å². The Morgan fingerprint density at radius 1 is 1.00 bits per heavy atom. The minimum Gasteiger partial charge on any atom is -0.507 e. The minimum absolute atomic E-state index is 0.0578. The Bertz CT molecular complexity index is 1210. The quantitative estimate of drug-likeness (QED) is 0.405. The number of hydrogen-bond donors (Lipinski definition) is 3. The van der Waals surface area contributed by atoms with Gasteiger partial charge in [0.25, 0.3) is 5.91 Å². The maximum absolute atomic E-state index is 12.6. The van der Waals surface area contributed by atoms with E-state index in [1.54, 1.807) is 0 Å². The molecule has 0 aliphatic rings. The molecule has 1 heterocycles. The summed E-state index contributed by atoms with van der Waals surface area (Å²) in [4.78, 5) is 31.0. The summed E-state index contributed by atoms with van der Waals surface area (Å²) in [5.41, 5.74) is 4.82. The Labute approximate surface area is 193 Å². The van der Waals surface area contributed by atoms with E-state index in [9.17, 15) is 14.7 Å². The first-order chi connectivity index (χ1) is 15.4. The minimum atomic E-state index is -0.617. The number of amides is 1. The fraction of sp³-hybridized carbons (Fsp3) is 0.308. The zero-order chi connectivity index (χ0) is 24.4. The van der Waals surface area contributed by atoms with Gasteiger partial charge in [0.2, 0.25) is 0 Å². The number of phenolic OH excluding ortho intramolecular Hbond substituents is 1. The number of nitrogens with one attached hydrogen (secondary N) is 2. The molecule has 2 aromatic carbocycles. The summed E-state index contributed by atoms with van der Waals surface area (Å²) in [5, 5.41) is 14.9. The van der Waals surface area contributed by atoms with Crippen molar-refractivity contribution in [3.05, 3.63) is 81.4 Å². The molecule has 172 valence electrons. The van der Waals surface area contributed by atoms with Gasteiger partial charge in [0.05, 0.1) is 11.9 Å². The van der Waals surface area contributed by atoms with Crippen molar-refractivity contribution in [2.75, 3.05) is 0 Å². The second-order valence-electron chi connectivity index (χ2n) is 10.0. The Morgan fingerprint density at radius 3 is 2.12 bits per heavy atom. The van der Waals surface area contributed by atoms with Gasteiger partial charge in [0.15, 0.2) is 0 Å². The first kappa shape index (κ1) is 23.9. The van der Waals surface area contributed by atoms with E-state index in [4.69, 9.17) is 0 Å². The SMILES string of the molecule is CC(C)(C)c1cc(/C=N/NC(=O)c2cc(-c3ccccc3)nc(=O)[nH]2)cc(C(C)(C)C)c1O. The third-order valence-corrected chi connectivity index (χ3v) is 5.19. The molecule has 0 unspecified atom stereocenters. The van der Waals surface area contributed by atoms with Crippen LogP contribution in [0.1, 0.15) is 68.7 Å². The van der Waals surface area contributed by atoms with Crippen LogP contribution in [0.25, 0.3) is 11.3 Å². The molecule has 1 amide bonds. The van der Waals surface area contributed by atoms with Crippen LogP contribution in [0.3, 0.4) is 0 Å². The van der Waals surface area contributed by atoms with Gasteiger partial charge < -0.3 is 10.1 Å². The van der Waals surface area contributed by atoms with E-state index < -0.39 is 11.6 Å². The number of phenols is 1. The van der Waals surface area contributed by atoms with E-state index >= 15 is 0 Å². The predicted molar refractivity (Wildman–Crippen MR) is 131 cm³/mol. The number of aromatic nitrogens is 2. The van der Waals surface area contributed by atoms with Gasteiger partial charge in [-0.15, -0.1) is 0 Å². The number of benzene rings is 2. The van der Waals surface area contributed by atoms with E-state index in [1.807, 2.05) is 84.0 Å². The Balaban J connectivity index is 1.88. The van der Waals surface area contributed by atoms with Crippen LogP contribution in [0.5, 0.6) is 5.75 Å². The van der Waals surface area contributed by atoms with Crippen LogP contribution in [-0.4, -0.2) is 27.2 Å². The van der Waals surface area contributed by atoms with Gasteiger partial charge in [-0.1, -0.05) is 71.9 Å². The lowest BCUT2D eigenvalue weighted by atomic mass is 9.78. The fourth-order valence-corrected chi connectivity index (χ4v) is 3.44. The average molecular weight is 447 g/mol. The molecule has 0 fully saturated rings. The highest BCUT2D eigenvalue weighted by Gasteiger charge is 2.26. The number of rotatable bonds is 4. The standard InChI is InChI=1S/C26H30N4O3/c1-25(2,3)18-12-16(13-19(22(18)31)26(4,5)6)15-27-30-23(32)21-14-20(28-24(33)29-21)17-10-8-7-9-11-17/h7-15,31H,1-6H3,(H,30,32)(H,28,29,33)/b27-15+. The van der Waals surface area contributed by atoms with Crippen LogP contribution in [-0.2, 0) is 10.8 Å². The number of H-pyrrole nitrogens is 1. The van der Waals surface area contributed by atoms with E-state index in [1.165, 1.54) is 12.3 Å². The molecular formula is C26H30N4O3. The molecular weight excluding hydrogens is 416 g/mol. The van der Waals surface area contributed by atoms with Gasteiger partial charge in [-0.3, -0.25) is 4.79 Å². The average Bonchev–Trinajstić information content (AvgIpc) is 2.73. The molecule has 7 nitrogen and oxygen atoms in total. The van der Waals surface area contributed by atoms with Crippen molar-refractivity contribution in [3.8, 4) is 17.0 Å². The summed E-state index contributed by atoms with van der Waals surface area (Å²) in [7, 11) is 0. The second kappa shape index (κ2) is 9.02. The summed E-state index contributed by atoms with van der Waals surface area (Å²) in [6, 6.07) is 14.4. The van der Waals surface area contributed by atoms with Gasteiger partial charge in [0.1, 0.15) is 11.4 Å².